The van der Waals surface area contributed by atoms with Gasteiger partial charge in [0.25, 0.3) is 0 Å². The van der Waals surface area contributed by atoms with Gasteiger partial charge in [-0.1, -0.05) is 48.5 Å². The number of carbonyl (C=O) groups is 2. The Labute approximate surface area is 164 Å². The number of carbonyl (C=O) groups excluding carboxylic acids is 2. The highest BCUT2D eigenvalue weighted by molar-refractivity contribution is 5.84. The predicted octanol–water partition coefficient (Wildman–Crippen LogP) is 3.05. The zero-order chi connectivity index (χ0) is 19.9. The fraction of sp³-hybridized carbons (Fsp3) is 0.333. The van der Waals surface area contributed by atoms with Crippen molar-refractivity contribution in [1.29, 1.82) is 0 Å². The lowest BCUT2D eigenvalue weighted by Gasteiger charge is -2.08. The van der Waals surface area contributed by atoms with E-state index >= 15 is 0 Å². The summed E-state index contributed by atoms with van der Waals surface area (Å²) in [6.07, 6.45) is -0.273. The van der Waals surface area contributed by atoms with Crippen molar-refractivity contribution in [1.82, 2.24) is 0 Å². The quantitative estimate of drug-likeness (QED) is 0.445. The molecular weight excluding hydrogens is 362 g/mol. The third-order valence-corrected chi connectivity index (χ3v) is 3.54. The van der Waals surface area contributed by atoms with Gasteiger partial charge < -0.3 is 18.9 Å². The van der Waals surface area contributed by atoms with Gasteiger partial charge in [0.05, 0.1) is 32.8 Å². The first-order valence-corrected chi connectivity index (χ1v) is 9.08. The topological polar surface area (TPSA) is 83.1 Å². The number of anilines is 1. The van der Waals surface area contributed by atoms with Crippen molar-refractivity contribution in [3.8, 4) is 0 Å². The van der Waals surface area contributed by atoms with Crippen LogP contribution in [-0.2, 0) is 30.2 Å². The lowest BCUT2D eigenvalue weighted by Crippen LogP contribution is -2.18. The fourth-order valence-corrected chi connectivity index (χ4v) is 2.22. The summed E-state index contributed by atoms with van der Waals surface area (Å²) in [5.74, 6) is -0.281. The molecule has 0 spiro atoms. The van der Waals surface area contributed by atoms with Crippen LogP contribution in [0.4, 0.5) is 10.5 Å². The third kappa shape index (κ3) is 9.70. The number of nitrogens with one attached hydrogen (secondary N) is 1. The lowest BCUT2D eigenvalue weighted by molar-refractivity contribution is -0.144. The maximum absolute atomic E-state index is 11.6. The molecule has 1 N–H and O–H groups in total. The van der Waals surface area contributed by atoms with Crippen LogP contribution in [0.1, 0.15) is 5.56 Å². The summed E-state index contributed by atoms with van der Waals surface area (Å²) in [6.45, 7) is 1.66. The van der Waals surface area contributed by atoms with Crippen molar-refractivity contribution in [2.45, 2.75) is 6.42 Å². The third-order valence-electron chi connectivity index (χ3n) is 3.54. The Balaban J connectivity index is 1.37. The molecular formula is C21H25NO6. The average molecular weight is 387 g/mol. The largest absolute Gasteiger partial charge is 0.463 e. The molecule has 0 unspecified atom stereocenters. The molecule has 1 amide bonds. The highest BCUT2D eigenvalue weighted by Gasteiger charge is 2.04. The van der Waals surface area contributed by atoms with Gasteiger partial charge in [-0.15, -0.1) is 0 Å². The minimum Gasteiger partial charge on any atom is -0.463 e. The van der Waals surface area contributed by atoms with Crippen LogP contribution < -0.4 is 5.32 Å². The van der Waals surface area contributed by atoms with Crippen LogP contribution in [-0.4, -0.2) is 51.7 Å². The van der Waals surface area contributed by atoms with Gasteiger partial charge in [-0.05, 0) is 17.7 Å². The molecule has 0 aliphatic heterocycles. The molecule has 7 heteroatoms. The molecule has 2 aromatic rings. The van der Waals surface area contributed by atoms with Gasteiger partial charge in [0.15, 0.2) is 0 Å². The van der Waals surface area contributed by atoms with Gasteiger partial charge in [0, 0.05) is 5.69 Å². The van der Waals surface area contributed by atoms with E-state index < -0.39 is 6.09 Å². The second kappa shape index (κ2) is 13.3. The number of amides is 1. The molecule has 0 heterocycles. The van der Waals surface area contributed by atoms with Crippen LogP contribution >= 0.6 is 0 Å². The number of ether oxygens (including phenoxy) is 4. The standard InChI is InChI=1S/C21H25NO6/c23-20(17-18-7-3-1-4-8-18)27-15-13-25-11-12-26-14-16-28-21(24)22-19-9-5-2-6-10-19/h1-10H,11-17H2,(H,22,24). The molecule has 2 aromatic carbocycles. The second-order valence-electron chi connectivity index (χ2n) is 5.73. The van der Waals surface area contributed by atoms with E-state index in [0.717, 1.165) is 5.56 Å². The van der Waals surface area contributed by atoms with E-state index in [1.807, 2.05) is 48.5 Å². The number of benzene rings is 2. The fourth-order valence-electron chi connectivity index (χ4n) is 2.22. The van der Waals surface area contributed by atoms with Gasteiger partial charge in [-0.25, -0.2) is 4.79 Å². The predicted molar refractivity (Wildman–Crippen MR) is 104 cm³/mol. The molecule has 7 nitrogen and oxygen atoms in total. The molecule has 0 atom stereocenters. The highest BCUT2D eigenvalue weighted by Crippen LogP contribution is 2.05. The first kappa shape index (κ1) is 21.4. The smallest absolute Gasteiger partial charge is 0.411 e. The summed E-state index contributed by atoms with van der Waals surface area (Å²) in [5, 5.41) is 2.61. The van der Waals surface area contributed by atoms with Crippen molar-refractivity contribution in [3.05, 3.63) is 66.2 Å². The summed E-state index contributed by atoms with van der Waals surface area (Å²) >= 11 is 0. The Bertz CT molecular complexity index is 631. The number of hydrogen-bond donors (Lipinski definition) is 1. The summed E-state index contributed by atoms with van der Waals surface area (Å²) in [5.41, 5.74) is 1.59. The molecule has 0 saturated carbocycles. The molecule has 28 heavy (non-hydrogen) atoms. The van der Waals surface area contributed by atoms with E-state index in [4.69, 9.17) is 18.9 Å². The minimum atomic E-state index is -0.525. The molecule has 0 aliphatic rings. The first-order valence-electron chi connectivity index (χ1n) is 9.08. The van der Waals surface area contributed by atoms with Crippen LogP contribution in [0.2, 0.25) is 0 Å². The molecule has 150 valence electrons. The summed E-state index contributed by atoms with van der Waals surface area (Å²) < 4.78 is 20.7. The lowest BCUT2D eigenvalue weighted by atomic mass is 10.2. The molecule has 0 aliphatic carbocycles. The van der Waals surface area contributed by atoms with Crippen molar-refractivity contribution >= 4 is 17.7 Å². The normalized spacial score (nSPS) is 10.3. The Morgan fingerprint density at radius 2 is 1.21 bits per heavy atom. The second-order valence-corrected chi connectivity index (χ2v) is 5.73. The molecule has 2 rings (SSSR count). The van der Waals surface area contributed by atoms with Crippen LogP contribution in [0.3, 0.4) is 0 Å². The number of esters is 1. The Morgan fingerprint density at radius 1 is 0.679 bits per heavy atom. The van der Waals surface area contributed by atoms with Crippen molar-refractivity contribution in [2.24, 2.45) is 0 Å². The highest BCUT2D eigenvalue weighted by atomic mass is 16.6. The average Bonchev–Trinajstić information content (AvgIpc) is 2.71. The van der Waals surface area contributed by atoms with Crippen molar-refractivity contribution in [3.63, 3.8) is 0 Å². The van der Waals surface area contributed by atoms with E-state index in [1.54, 1.807) is 12.1 Å². The molecule has 0 bridgehead atoms. The summed E-state index contributed by atoms with van der Waals surface area (Å²) in [6, 6.07) is 18.5. The molecule has 0 aromatic heterocycles. The number of hydrogen-bond acceptors (Lipinski definition) is 6. The maximum Gasteiger partial charge on any atom is 0.411 e. The van der Waals surface area contributed by atoms with Crippen LogP contribution in [0.25, 0.3) is 0 Å². The van der Waals surface area contributed by atoms with Crippen molar-refractivity contribution < 1.29 is 28.5 Å². The molecule has 0 fully saturated rings. The van der Waals surface area contributed by atoms with E-state index in [9.17, 15) is 9.59 Å². The van der Waals surface area contributed by atoms with Crippen LogP contribution in [0.5, 0.6) is 0 Å². The van der Waals surface area contributed by atoms with Gasteiger partial charge >= 0.3 is 12.1 Å². The van der Waals surface area contributed by atoms with Crippen LogP contribution in [0, 0.1) is 0 Å². The summed E-state index contributed by atoms with van der Waals surface area (Å²) in [7, 11) is 0. The zero-order valence-electron chi connectivity index (χ0n) is 15.7. The van der Waals surface area contributed by atoms with Crippen LogP contribution in [0.15, 0.2) is 60.7 Å². The molecule has 0 radical (unpaired) electrons. The molecule has 0 saturated heterocycles. The van der Waals surface area contributed by atoms with Gasteiger partial charge in [-0.3, -0.25) is 10.1 Å². The van der Waals surface area contributed by atoms with Gasteiger partial charge in [0.2, 0.25) is 0 Å². The SMILES string of the molecule is O=C(Cc1ccccc1)OCCOCCOCCOC(=O)Nc1ccccc1. The van der Waals surface area contributed by atoms with E-state index in [0.29, 0.717) is 25.5 Å². The van der Waals surface area contributed by atoms with E-state index in [-0.39, 0.29) is 32.2 Å². The van der Waals surface area contributed by atoms with Gasteiger partial charge in [-0.2, -0.15) is 0 Å². The number of para-hydroxylation sites is 1. The van der Waals surface area contributed by atoms with Crippen molar-refractivity contribution in [2.75, 3.05) is 45.0 Å². The summed E-state index contributed by atoms with van der Waals surface area (Å²) in [4.78, 5) is 23.2. The zero-order valence-corrected chi connectivity index (χ0v) is 15.7. The van der Waals surface area contributed by atoms with E-state index in [2.05, 4.69) is 5.32 Å². The monoisotopic (exact) mass is 387 g/mol. The van der Waals surface area contributed by atoms with E-state index in [1.165, 1.54) is 0 Å². The van der Waals surface area contributed by atoms with Gasteiger partial charge in [0.1, 0.15) is 13.2 Å². The Hall–Kier alpha value is -2.90. The Morgan fingerprint density at radius 3 is 1.86 bits per heavy atom. The Kier molecular flexibility index (Phi) is 10.2. The maximum atomic E-state index is 11.6. The number of rotatable bonds is 12. The minimum absolute atomic E-state index is 0.149. The first-order chi connectivity index (χ1) is 13.7.